The molecule has 118 valence electrons. The van der Waals surface area contributed by atoms with E-state index in [1.165, 1.54) is 7.11 Å². The van der Waals surface area contributed by atoms with Crippen LogP contribution in [0.3, 0.4) is 0 Å². The van der Waals surface area contributed by atoms with Gasteiger partial charge in [-0.3, -0.25) is 0 Å². The van der Waals surface area contributed by atoms with E-state index in [0.717, 1.165) is 20.9 Å². The number of aromatic nitrogens is 1. The molecule has 3 nitrogen and oxygen atoms in total. The Morgan fingerprint density at radius 1 is 1.17 bits per heavy atom. The Bertz CT molecular complexity index is 905. The van der Waals surface area contributed by atoms with E-state index < -0.39 is 0 Å². The molecule has 1 aromatic heterocycles. The van der Waals surface area contributed by atoms with Crippen molar-refractivity contribution < 1.29 is 9.53 Å². The Morgan fingerprint density at radius 3 is 2.65 bits per heavy atom. The maximum absolute atomic E-state index is 12.0. The third-order valence-corrected chi connectivity index (χ3v) is 4.82. The Hall–Kier alpha value is -1.49. The summed E-state index contributed by atoms with van der Waals surface area (Å²) in [6.07, 6.45) is 1.80. The monoisotopic (exact) mass is 411 g/mol. The average Bonchev–Trinajstić information content (AvgIpc) is 2.88. The molecule has 0 bridgehead atoms. The van der Waals surface area contributed by atoms with Crippen molar-refractivity contribution in [3.05, 3.63) is 68.2 Å². The number of esters is 1. The molecule has 0 atom stereocenters. The smallest absolute Gasteiger partial charge is 0.340 e. The van der Waals surface area contributed by atoms with Crippen LogP contribution in [0.15, 0.2) is 47.1 Å². The highest BCUT2D eigenvalue weighted by atomic mass is 79.9. The summed E-state index contributed by atoms with van der Waals surface area (Å²) in [4.78, 5) is 12.0. The number of nitrogens with zero attached hydrogens (tertiary/aromatic N) is 1. The fourth-order valence-electron chi connectivity index (χ4n) is 2.50. The molecule has 0 saturated heterocycles. The van der Waals surface area contributed by atoms with E-state index in [-0.39, 0.29) is 5.97 Å². The largest absolute Gasteiger partial charge is 0.465 e. The molecular formula is C17H12BrCl2NO2. The van der Waals surface area contributed by atoms with Crippen LogP contribution < -0.4 is 0 Å². The van der Waals surface area contributed by atoms with Gasteiger partial charge in [-0.25, -0.2) is 4.79 Å². The minimum Gasteiger partial charge on any atom is -0.465 e. The van der Waals surface area contributed by atoms with Crippen LogP contribution in [0.1, 0.15) is 15.9 Å². The first-order valence-corrected chi connectivity index (χ1v) is 8.35. The van der Waals surface area contributed by atoms with Crippen molar-refractivity contribution in [3.63, 3.8) is 0 Å². The van der Waals surface area contributed by atoms with Gasteiger partial charge >= 0.3 is 5.97 Å². The van der Waals surface area contributed by atoms with Crippen molar-refractivity contribution in [2.45, 2.75) is 6.54 Å². The Labute approximate surface area is 151 Å². The number of rotatable bonds is 3. The molecule has 0 N–H and O–H groups in total. The van der Waals surface area contributed by atoms with E-state index in [9.17, 15) is 4.79 Å². The van der Waals surface area contributed by atoms with E-state index in [1.807, 2.05) is 34.9 Å². The Kier molecular flexibility index (Phi) is 4.67. The van der Waals surface area contributed by atoms with E-state index >= 15 is 0 Å². The maximum Gasteiger partial charge on any atom is 0.340 e. The third-order valence-electron chi connectivity index (χ3n) is 3.59. The van der Waals surface area contributed by atoms with Crippen LogP contribution in [0.25, 0.3) is 10.9 Å². The lowest BCUT2D eigenvalue weighted by atomic mass is 10.2. The quantitative estimate of drug-likeness (QED) is 0.528. The molecule has 0 fully saturated rings. The van der Waals surface area contributed by atoms with E-state index in [4.69, 9.17) is 27.9 Å². The van der Waals surface area contributed by atoms with Crippen molar-refractivity contribution in [1.29, 1.82) is 0 Å². The van der Waals surface area contributed by atoms with Gasteiger partial charge in [0.05, 0.1) is 28.2 Å². The lowest BCUT2D eigenvalue weighted by molar-refractivity contribution is 0.0602. The zero-order valence-corrected chi connectivity index (χ0v) is 15.2. The SMILES string of the molecule is COC(=O)c1cn(Cc2ccc(Cl)c(Cl)c2)c2cc(Br)ccc12. The number of methoxy groups -OCH3 is 1. The molecule has 23 heavy (non-hydrogen) atoms. The summed E-state index contributed by atoms with van der Waals surface area (Å²) in [6.45, 7) is 0.570. The number of hydrogen-bond donors (Lipinski definition) is 0. The van der Waals surface area contributed by atoms with Crippen LogP contribution in [0.5, 0.6) is 0 Å². The standard InChI is InChI=1S/C17H12BrCl2NO2/c1-23-17(22)13-9-21(16-7-11(18)3-4-12(13)16)8-10-2-5-14(19)15(20)6-10/h2-7,9H,8H2,1H3. The summed E-state index contributed by atoms with van der Waals surface area (Å²) in [5.41, 5.74) is 2.47. The number of carbonyl (C=O) groups excluding carboxylic acids is 1. The lowest BCUT2D eigenvalue weighted by Gasteiger charge is -2.07. The highest BCUT2D eigenvalue weighted by Crippen LogP contribution is 2.28. The van der Waals surface area contributed by atoms with Crippen LogP contribution in [-0.4, -0.2) is 17.6 Å². The number of fused-ring (bicyclic) bond motifs is 1. The predicted molar refractivity (Wildman–Crippen MR) is 96.5 cm³/mol. The van der Waals surface area contributed by atoms with Crippen LogP contribution in [0, 0.1) is 0 Å². The molecule has 3 rings (SSSR count). The molecule has 3 aromatic rings. The van der Waals surface area contributed by atoms with Gasteiger partial charge in [0, 0.05) is 22.6 Å². The number of ether oxygens (including phenoxy) is 1. The maximum atomic E-state index is 12.0. The van der Waals surface area contributed by atoms with Crippen LogP contribution in [0.4, 0.5) is 0 Å². The van der Waals surface area contributed by atoms with Gasteiger partial charge in [-0.05, 0) is 29.8 Å². The van der Waals surface area contributed by atoms with Crippen molar-refractivity contribution in [1.82, 2.24) is 4.57 Å². The first-order chi connectivity index (χ1) is 11.0. The summed E-state index contributed by atoms with van der Waals surface area (Å²) in [7, 11) is 1.38. The van der Waals surface area contributed by atoms with Gasteiger partial charge in [0.1, 0.15) is 0 Å². The van der Waals surface area contributed by atoms with Crippen molar-refractivity contribution in [3.8, 4) is 0 Å². The first-order valence-electron chi connectivity index (χ1n) is 6.80. The highest BCUT2D eigenvalue weighted by molar-refractivity contribution is 9.10. The van der Waals surface area contributed by atoms with Gasteiger partial charge in [0.25, 0.3) is 0 Å². The molecule has 0 aliphatic rings. The van der Waals surface area contributed by atoms with Crippen LogP contribution in [0.2, 0.25) is 10.0 Å². The normalized spacial score (nSPS) is 11.0. The van der Waals surface area contributed by atoms with Gasteiger partial charge in [-0.1, -0.05) is 51.3 Å². The van der Waals surface area contributed by atoms with Gasteiger partial charge in [0.2, 0.25) is 0 Å². The molecule has 0 aliphatic heterocycles. The fraction of sp³-hybridized carbons (Fsp3) is 0.118. The van der Waals surface area contributed by atoms with Gasteiger partial charge in [0.15, 0.2) is 0 Å². The zero-order valence-electron chi connectivity index (χ0n) is 12.1. The molecule has 2 aromatic carbocycles. The van der Waals surface area contributed by atoms with Crippen LogP contribution >= 0.6 is 39.1 Å². The van der Waals surface area contributed by atoms with E-state index in [0.29, 0.717) is 22.2 Å². The molecule has 0 aliphatic carbocycles. The highest BCUT2D eigenvalue weighted by Gasteiger charge is 2.16. The number of benzene rings is 2. The fourth-order valence-corrected chi connectivity index (χ4v) is 3.17. The second-order valence-electron chi connectivity index (χ2n) is 5.07. The van der Waals surface area contributed by atoms with Crippen molar-refractivity contribution in [2.24, 2.45) is 0 Å². The minimum atomic E-state index is -0.356. The Balaban J connectivity index is 2.10. The number of hydrogen-bond acceptors (Lipinski definition) is 2. The molecule has 0 spiro atoms. The minimum absolute atomic E-state index is 0.356. The molecule has 1 heterocycles. The Morgan fingerprint density at radius 2 is 1.96 bits per heavy atom. The second kappa shape index (κ2) is 6.56. The average molecular weight is 413 g/mol. The molecule has 0 amide bonds. The van der Waals surface area contributed by atoms with Gasteiger partial charge < -0.3 is 9.30 Å². The second-order valence-corrected chi connectivity index (χ2v) is 6.80. The summed E-state index contributed by atoms with van der Waals surface area (Å²) in [5, 5.41) is 1.88. The summed E-state index contributed by atoms with van der Waals surface area (Å²) < 4.78 is 7.80. The molecule has 0 unspecified atom stereocenters. The summed E-state index contributed by atoms with van der Waals surface area (Å²) in [5.74, 6) is -0.356. The van der Waals surface area contributed by atoms with Crippen molar-refractivity contribution in [2.75, 3.05) is 7.11 Å². The van der Waals surface area contributed by atoms with Gasteiger partial charge in [-0.2, -0.15) is 0 Å². The third kappa shape index (κ3) is 3.25. The topological polar surface area (TPSA) is 31.2 Å². The molecule has 6 heteroatoms. The molecule has 0 saturated carbocycles. The van der Waals surface area contributed by atoms with Gasteiger partial charge in [-0.15, -0.1) is 0 Å². The lowest BCUT2D eigenvalue weighted by Crippen LogP contribution is -2.01. The predicted octanol–water partition coefficient (Wildman–Crippen LogP) is 5.55. The molecule has 0 radical (unpaired) electrons. The van der Waals surface area contributed by atoms with Crippen molar-refractivity contribution >= 4 is 56.0 Å². The number of carbonyl (C=O) groups is 1. The number of halogens is 3. The zero-order chi connectivity index (χ0) is 16.6. The molecular weight excluding hydrogens is 401 g/mol. The summed E-state index contributed by atoms with van der Waals surface area (Å²) >= 11 is 15.5. The van der Waals surface area contributed by atoms with E-state index in [1.54, 1.807) is 12.3 Å². The summed E-state index contributed by atoms with van der Waals surface area (Å²) in [6, 6.07) is 11.3. The van der Waals surface area contributed by atoms with Crippen LogP contribution in [-0.2, 0) is 11.3 Å². The van der Waals surface area contributed by atoms with E-state index in [2.05, 4.69) is 15.9 Å². The first kappa shape index (κ1) is 16.4.